The third-order valence-electron chi connectivity index (χ3n) is 4.90. The number of amides is 1. The van der Waals surface area contributed by atoms with Crippen molar-refractivity contribution in [2.75, 3.05) is 31.6 Å². The number of likely N-dealkylation sites (N-methyl/N-ethyl adjacent to an activating group) is 1. The lowest BCUT2D eigenvalue weighted by atomic mass is 10.0. The summed E-state index contributed by atoms with van der Waals surface area (Å²) < 4.78 is 11.4. The van der Waals surface area contributed by atoms with Gasteiger partial charge < -0.3 is 19.3 Å². The second-order valence-corrected chi connectivity index (χ2v) is 8.48. The van der Waals surface area contributed by atoms with Crippen molar-refractivity contribution in [3.63, 3.8) is 0 Å². The SMILES string of the molecule is CCOc1nc2ccccc2nc1N(C)C[C@@H]1CCCCN1C(=O)OC(C)(C)C. The quantitative estimate of drug-likeness (QED) is 0.747. The number of hydrogen-bond donors (Lipinski definition) is 0. The molecular formula is C22H32N4O3. The minimum absolute atomic E-state index is 0.0614. The summed E-state index contributed by atoms with van der Waals surface area (Å²) in [6, 6.07) is 7.83. The number of likely N-dealkylation sites (tertiary alicyclic amines) is 1. The monoisotopic (exact) mass is 400 g/mol. The molecule has 1 aromatic carbocycles. The predicted octanol–water partition coefficient (Wildman–Crippen LogP) is 4.25. The van der Waals surface area contributed by atoms with Crippen LogP contribution in [-0.2, 0) is 4.74 Å². The molecule has 1 aromatic heterocycles. The Bertz CT molecular complexity index is 850. The van der Waals surface area contributed by atoms with Crippen molar-refractivity contribution in [1.82, 2.24) is 14.9 Å². The van der Waals surface area contributed by atoms with Crippen molar-refractivity contribution in [2.45, 2.75) is 58.6 Å². The molecule has 1 atom stereocenters. The highest BCUT2D eigenvalue weighted by molar-refractivity contribution is 5.77. The lowest BCUT2D eigenvalue weighted by Crippen LogP contribution is -2.50. The van der Waals surface area contributed by atoms with Crippen LogP contribution in [0.4, 0.5) is 10.6 Å². The number of carbonyl (C=O) groups excluding carboxylic acids is 1. The molecule has 0 N–H and O–H groups in total. The smallest absolute Gasteiger partial charge is 0.410 e. The van der Waals surface area contributed by atoms with Gasteiger partial charge in [-0.2, -0.15) is 0 Å². The number of benzene rings is 1. The number of ether oxygens (including phenoxy) is 2. The third kappa shape index (κ3) is 5.28. The molecule has 7 heteroatoms. The zero-order chi connectivity index (χ0) is 21.0. The maximum absolute atomic E-state index is 12.7. The number of anilines is 1. The Hall–Kier alpha value is -2.57. The summed E-state index contributed by atoms with van der Waals surface area (Å²) in [6.45, 7) is 9.51. The fraction of sp³-hybridized carbons (Fsp3) is 0.591. The fourth-order valence-electron chi connectivity index (χ4n) is 3.61. The lowest BCUT2D eigenvalue weighted by molar-refractivity contribution is 0.0108. The van der Waals surface area contributed by atoms with Gasteiger partial charge in [-0.25, -0.2) is 14.8 Å². The van der Waals surface area contributed by atoms with Crippen LogP contribution in [-0.4, -0.2) is 59.3 Å². The van der Waals surface area contributed by atoms with E-state index in [-0.39, 0.29) is 12.1 Å². The van der Waals surface area contributed by atoms with E-state index in [2.05, 4.69) is 4.98 Å². The van der Waals surface area contributed by atoms with E-state index in [0.29, 0.717) is 24.8 Å². The van der Waals surface area contributed by atoms with Crippen molar-refractivity contribution in [1.29, 1.82) is 0 Å². The maximum atomic E-state index is 12.7. The van der Waals surface area contributed by atoms with Crippen LogP contribution in [0, 0.1) is 0 Å². The van der Waals surface area contributed by atoms with E-state index in [0.717, 1.165) is 36.8 Å². The Morgan fingerprint density at radius 1 is 1.21 bits per heavy atom. The summed E-state index contributed by atoms with van der Waals surface area (Å²) in [5, 5.41) is 0. The summed E-state index contributed by atoms with van der Waals surface area (Å²) in [5.74, 6) is 1.22. The first-order valence-corrected chi connectivity index (χ1v) is 10.4. The predicted molar refractivity (Wildman–Crippen MR) is 115 cm³/mol. The molecule has 2 aromatic rings. The molecule has 2 heterocycles. The van der Waals surface area contributed by atoms with Gasteiger partial charge in [-0.1, -0.05) is 12.1 Å². The Morgan fingerprint density at radius 3 is 2.55 bits per heavy atom. The van der Waals surface area contributed by atoms with Gasteiger partial charge in [0.05, 0.1) is 23.7 Å². The van der Waals surface area contributed by atoms with Crippen molar-refractivity contribution in [3.05, 3.63) is 24.3 Å². The maximum Gasteiger partial charge on any atom is 0.410 e. The van der Waals surface area contributed by atoms with E-state index < -0.39 is 5.60 Å². The van der Waals surface area contributed by atoms with E-state index >= 15 is 0 Å². The number of para-hydroxylation sites is 2. The summed E-state index contributed by atoms with van der Waals surface area (Å²) in [7, 11) is 1.98. The number of hydrogen-bond acceptors (Lipinski definition) is 6. The van der Waals surface area contributed by atoms with Crippen LogP contribution < -0.4 is 9.64 Å². The number of fused-ring (bicyclic) bond motifs is 1. The van der Waals surface area contributed by atoms with Gasteiger partial charge in [-0.3, -0.25) is 0 Å². The van der Waals surface area contributed by atoms with Gasteiger partial charge in [0.25, 0.3) is 5.88 Å². The van der Waals surface area contributed by atoms with Gasteiger partial charge in [-0.15, -0.1) is 0 Å². The van der Waals surface area contributed by atoms with Crippen LogP contribution in [0.25, 0.3) is 11.0 Å². The summed E-state index contributed by atoms with van der Waals surface area (Å²) in [4.78, 5) is 26.1. The van der Waals surface area contributed by atoms with Crippen LogP contribution >= 0.6 is 0 Å². The number of nitrogens with zero attached hydrogens (tertiary/aromatic N) is 4. The van der Waals surface area contributed by atoms with Crippen molar-refractivity contribution in [2.24, 2.45) is 0 Å². The molecule has 1 amide bonds. The largest absolute Gasteiger partial charge is 0.475 e. The minimum atomic E-state index is -0.503. The van der Waals surface area contributed by atoms with E-state index in [1.807, 2.05) is 68.8 Å². The normalized spacial score (nSPS) is 17.3. The molecule has 3 rings (SSSR count). The van der Waals surface area contributed by atoms with Crippen LogP contribution in [0.1, 0.15) is 47.0 Å². The Morgan fingerprint density at radius 2 is 1.90 bits per heavy atom. The minimum Gasteiger partial charge on any atom is -0.475 e. The Labute approximate surface area is 173 Å². The van der Waals surface area contributed by atoms with Crippen molar-refractivity contribution in [3.8, 4) is 5.88 Å². The molecule has 0 aliphatic carbocycles. The van der Waals surface area contributed by atoms with E-state index in [4.69, 9.17) is 14.5 Å². The van der Waals surface area contributed by atoms with Gasteiger partial charge in [-0.05, 0) is 59.1 Å². The highest BCUT2D eigenvalue weighted by atomic mass is 16.6. The zero-order valence-corrected chi connectivity index (χ0v) is 18.1. The topological polar surface area (TPSA) is 67.8 Å². The number of rotatable bonds is 5. The Kier molecular flexibility index (Phi) is 6.45. The van der Waals surface area contributed by atoms with E-state index in [1.54, 1.807) is 0 Å². The van der Waals surface area contributed by atoms with Gasteiger partial charge in [0.15, 0.2) is 5.82 Å². The standard InChI is InChI=1S/C22H32N4O3/c1-6-28-20-19(23-17-12-7-8-13-18(17)24-20)25(5)15-16-11-9-10-14-26(16)21(27)29-22(2,3)4/h7-8,12-13,16H,6,9-11,14-15H2,1-5H3/t16-/m0/s1. The molecule has 0 radical (unpaired) electrons. The molecule has 1 aliphatic heterocycles. The average Bonchev–Trinajstić information content (AvgIpc) is 2.66. The summed E-state index contributed by atoms with van der Waals surface area (Å²) >= 11 is 0. The molecule has 0 bridgehead atoms. The van der Waals surface area contributed by atoms with Gasteiger partial charge in [0, 0.05) is 20.1 Å². The van der Waals surface area contributed by atoms with Gasteiger partial charge in [0.1, 0.15) is 5.60 Å². The molecule has 1 aliphatic rings. The first-order chi connectivity index (χ1) is 13.8. The molecule has 7 nitrogen and oxygen atoms in total. The highest BCUT2D eigenvalue weighted by Gasteiger charge is 2.32. The molecule has 158 valence electrons. The molecule has 29 heavy (non-hydrogen) atoms. The number of piperidine rings is 1. The lowest BCUT2D eigenvalue weighted by Gasteiger charge is -2.38. The Balaban J connectivity index is 1.82. The third-order valence-corrected chi connectivity index (χ3v) is 4.90. The van der Waals surface area contributed by atoms with Gasteiger partial charge >= 0.3 is 6.09 Å². The first kappa shape index (κ1) is 21.1. The molecule has 0 spiro atoms. The highest BCUT2D eigenvalue weighted by Crippen LogP contribution is 2.28. The first-order valence-electron chi connectivity index (χ1n) is 10.4. The molecule has 1 fully saturated rings. The van der Waals surface area contributed by atoms with Crippen LogP contribution in [0.2, 0.25) is 0 Å². The second-order valence-electron chi connectivity index (χ2n) is 8.48. The zero-order valence-electron chi connectivity index (χ0n) is 18.1. The molecule has 0 saturated carbocycles. The summed E-state index contributed by atoms with van der Waals surface area (Å²) in [5.41, 5.74) is 1.13. The molecule has 0 unspecified atom stereocenters. The molecular weight excluding hydrogens is 368 g/mol. The van der Waals surface area contributed by atoms with E-state index in [1.165, 1.54) is 0 Å². The van der Waals surface area contributed by atoms with E-state index in [9.17, 15) is 4.79 Å². The average molecular weight is 401 g/mol. The summed E-state index contributed by atoms with van der Waals surface area (Å²) in [6.07, 6.45) is 2.79. The van der Waals surface area contributed by atoms with Crippen molar-refractivity contribution >= 4 is 22.9 Å². The van der Waals surface area contributed by atoms with Crippen LogP contribution in [0.5, 0.6) is 5.88 Å². The van der Waals surface area contributed by atoms with Crippen LogP contribution in [0.15, 0.2) is 24.3 Å². The number of carbonyl (C=O) groups is 1. The second kappa shape index (κ2) is 8.84. The number of aromatic nitrogens is 2. The van der Waals surface area contributed by atoms with Gasteiger partial charge in [0.2, 0.25) is 0 Å². The van der Waals surface area contributed by atoms with Crippen LogP contribution in [0.3, 0.4) is 0 Å². The van der Waals surface area contributed by atoms with Crippen molar-refractivity contribution < 1.29 is 14.3 Å². The fourth-order valence-corrected chi connectivity index (χ4v) is 3.61. The molecule has 1 saturated heterocycles.